The van der Waals surface area contributed by atoms with Crippen LogP contribution >= 0.6 is 0 Å². The standard InChI is InChI=1S/C8H9N3O2/c12-6-2-1-3-7(13)11(6)8-9-4-5-10-8/h4-5H,1-3H2,(H,9,10). The van der Waals surface area contributed by atoms with Gasteiger partial charge in [-0.05, 0) is 6.42 Å². The minimum Gasteiger partial charge on any atom is -0.330 e. The van der Waals surface area contributed by atoms with E-state index in [0.717, 1.165) is 4.90 Å². The molecule has 5 heteroatoms. The molecule has 68 valence electrons. The zero-order chi connectivity index (χ0) is 9.26. The Balaban J connectivity index is 2.29. The van der Waals surface area contributed by atoms with Gasteiger partial charge in [-0.15, -0.1) is 0 Å². The van der Waals surface area contributed by atoms with Crippen molar-refractivity contribution >= 4 is 17.8 Å². The van der Waals surface area contributed by atoms with Crippen LogP contribution in [0.5, 0.6) is 0 Å². The van der Waals surface area contributed by atoms with E-state index in [1.807, 2.05) is 0 Å². The number of hydrogen-bond acceptors (Lipinski definition) is 3. The van der Waals surface area contributed by atoms with Gasteiger partial charge in [-0.25, -0.2) is 9.88 Å². The molecule has 0 aromatic carbocycles. The van der Waals surface area contributed by atoms with Crippen LogP contribution in [0, 0.1) is 0 Å². The Morgan fingerprint density at radius 1 is 1.31 bits per heavy atom. The van der Waals surface area contributed by atoms with E-state index in [1.54, 1.807) is 6.20 Å². The molecule has 1 aromatic heterocycles. The summed E-state index contributed by atoms with van der Waals surface area (Å²) < 4.78 is 0. The number of nitrogens with one attached hydrogen (secondary N) is 1. The third-order valence-corrected chi connectivity index (χ3v) is 1.98. The van der Waals surface area contributed by atoms with Gasteiger partial charge in [0.15, 0.2) is 0 Å². The van der Waals surface area contributed by atoms with Gasteiger partial charge in [-0.3, -0.25) is 9.59 Å². The number of aromatic nitrogens is 2. The molecule has 0 saturated carbocycles. The second-order valence-electron chi connectivity index (χ2n) is 2.89. The lowest BCUT2D eigenvalue weighted by molar-refractivity contribution is -0.129. The van der Waals surface area contributed by atoms with Crippen molar-refractivity contribution in [3.63, 3.8) is 0 Å². The Morgan fingerprint density at radius 3 is 2.54 bits per heavy atom. The van der Waals surface area contributed by atoms with Gasteiger partial charge in [-0.2, -0.15) is 0 Å². The maximum atomic E-state index is 11.3. The monoisotopic (exact) mass is 179 g/mol. The molecule has 1 aliphatic rings. The predicted molar refractivity (Wildman–Crippen MR) is 44.9 cm³/mol. The second kappa shape index (κ2) is 3.01. The van der Waals surface area contributed by atoms with Crippen molar-refractivity contribution in [2.24, 2.45) is 0 Å². The summed E-state index contributed by atoms with van der Waals surface area (Å²) in [6, 6.07) is 0. The number of carbonyl (C=O) groups is 2. The summed E-state index contributed by atoms with van der Waals surface area (Å²) in [7, 11) is 0. The molecular weight excluding hydrogens is 170 g/mol. The summed E-state index contributed by atoms with van der Waals surface area (Å²) >= 11 is 0. The summed E-state index contributed by atoms with van der Waals surface area (Å²) in [5.74, 6) is -0.0212. The zero-order valence-electron chi connectivity index (χ0n) is 6.99. The highest BCUT2D eigenvalue weighted by Gasteiger charge is 2.28. The van der Waals surface area contributed by atoms with Crippen LogP contribution in [0.15, 0.2) is 12.4 Å². The molecule has 0 spiro atoms. The van der Waals surface area contributed by atoms with Gasteiger partial charge in [0, 0.05) is 25.2 Å². The number of aromatic amines is 1. The van der Waals surface area contributed by atoms with Crippen molar-refractivity contribution in [2.45, 2.75) is 19.3 Å². The van der Waals surface area contributed by atoms with Crippen LogP contribution in [0.25, 0.3) is 0 Å². The molecule has 1 aromatic rings. The van der Waals surface area contributed by atoms with E-state index in [2.05, 4.69) is 9.97 Å². The van der Waals surface area contributed by atoms with Crippen LogP contribution in [0.2, 0.25) is 0 Å². The van der Waals surface area contributed by atoms with Gasteiger partial charge in [0.05, 0.1) is 0 Å². The summed E-state index contributed by atoms with van der Waals surface area (Å²) in [6.45, 7) is 0. The summed E-state index contributed by atoms with van der Waals surface area (Å²) in [5.41, 5.74) is 0. The van der Waals surface area contributed by atoms with E-state index in [1.165, 1.54) is 6.20 Å². The Hall–Kier alpha value is -1.65. The highest BCUT2D eigenvalue weighted by Crippen LogP contribution is 2.17. The Labute approximate surface area is 74.8 Å². The first-order chi connectivity index (χ1) is 6.29. The maximum Gasteiger partial charge on any atom is 0.236 e. The van der Waals surface area contributed by atoms with E-state index < -0.39 is 0 Å². The molecule has 2 heterocycles. The number of anilines is 1. The van der Waals surface area contributed by atoms with Gasteiger partial charge in [0.1, 0.15) is 0 Å². The lowest BCUT2D eigenvalue weighted by Gasteiger charge is -2.21. The fraction of sp³-hybridized carbons (Fsp3) is 0.375. The fourth-order valence-corrected chi connectivity index (χ4v) is 1.37. The van der Waals surface area contributed by atoms with E-state index in [-0.39, 0.29) is 11.8 Å². The summed E-state index contributed by atoms with van der Waals surface area (Å²) in [5, 5.41) is 0. The van der Waals surface area contributed by atoms with E-state index in [0.29, 0.717) is 25.2 Å². The molecule has 1 saturated heterocycles. The van der Waals surface area contributed by atoms with Gasteiger partial charge in [-0.1, -0.05) is 0 Å². The van der Waals surface area contributed by atoms with Gasteiger partial charge >= 0.3 is 0 Å². The van der Waals surface area contributed by atoms with Crippen LogP contribution in [0.4, 0.5) is 5.95 Å². The quantitative estimate of drug-likeness (QED) is 0.636. The molecule has 2 amide bonds. The third-order valence-electron chi connectivity index (χ3n) is 1.98. The van der Waals surface area contributed by atoms with Crippen LogP contribution in [0.1, 0.15) is 19.3 Å². The normalized spacial score (nSPS) is 18.0. The number of carbonyl (C=O) groups excluding carboxylic acids is 2. The largest absolute Gasteiger partial charge is 0.330 e. The number of piperidine rings is 1. The molecule has 2 rings (SSSR count). The Morgan fingerprint density at radius 2 is 2.00 bits per heavy atom. The topological polar surface area (TPSA) is 66.1 Å². The summed E-state index contributed by atoms with van der Waals surface area (Å²) in [6.07, 6.45) is 4.60. The first-order valence-corrected chi connectivity index (χ1v) is 4.14. The number of hydrogen-bond donors (Lipinski definition) is 1. The average Bonchev–Trinajstić information content (AvgIpc) is 2.57. The molecular formula is C8H9N3O2. The van der Waals surface area contributed by atoms with Crippen LogP contribution in [-0.2, 0) is 9.59 Å². The first kappa shape index (κ1) is 7.97. The molecule has 0 unspecified atom stereocenters. The van der Waals surface area contributed by atoms with Gasteiger partial charge in [0.2, 0.25) is 17.8 Å². The minimum absolute atomic E-state index is 0.175. The lowest BCUT2D eigenvalue weighted by Crippen LogP contribution is -2.40. The van der Waals surface area contributed by atoms with Crippen molar-refractivity contribution < 1.29 is 9.59 Å². The zero-order valence-corrected chi connectivity index (χ0v) is 6.99. The maximum absolute atomic E-state index is 11.3. The number of imide groups is 1. The molecule has 1 fully saturated rings. The van der Waals surface area contributed by atoms with Crippen molar-refractivity contribution in [2.75, 3.05) is 4.90 Å². The third kappa shape index (κ3) is 1.32. The number of imidazole rings is 1. The van der Waals surface area contributed by atoms with E-state index >= 15 is 0 Å². The SMILES string of the molecule is O=C1CCCC(=O)N1c1ncc[nH]1. The molecule has 1 aliphatic heterocycles. The van der Waals surface area contributed by atoms with Crippen molar-refractivity contribution in [3.8, 4) is 0 Å². The molecule has 5 nitrogen and oxygen atoms in total. The molecule has 0 aliphatic carbocycles. The predicted octanol–water partition coefficient (Wildman–Crippen LogP) is 0.453. The molecule has 1 N–H and O–H groups in total. The van der Waals surface area contributed by atoms with E-state index in [9.17, 15) is 9.59 Å². The smallest absolute Gasteiger partial charge is 0.236 e. The van der Waals surface area contributed by atoms with Crippen LogP contribution < -0.4 is 4.90 Å². The number of nitrogens with zero attached hydrogens (tertiary/aromatic N) is 2. The fourth-order valence-electron chi connectivity index (χ4n) is 1.37. The van der Waals surface area contributed by atoms with Crippen molar-refractivity contribution in [1.82, 2.24) is 9.97 Å². The van der Waals surface area contributed by atoms with E-state index in [4.69, 9.17) is 0 Å². The highest BCUT2D eigenvalue weighted by molar-refractivity contribution is 6.15. The number of amides is 2. The van der Waals surface area contributed by atoms with Crippen molar-refractivity contribution in [3.05, 3.63) is 12.4 Å². The minimum atomic E-state index is -0.175. The summed E-state index contributed by atoms with van der Waals surface area (Å²) in [4.78, 5) is 30.4. The second-order valence-corrected chi connectivity index (χ2v) is 2.89. The number of rotatable bonds is 1. The molecule has 0 radical (unpaired) electrons. The first-order valence-electron chi connectivity index (χ1n) is 4.14. The van der Waals surface area contributed by atoms with Crippen molar-refractivity contribution in [1.29, 1.82) is 0 Å². The Kier molecular flexibility index (Phi) is 1.84. The Bertz CT molecular complexity index is 315. The van der Waals surface area contributed by atoms with Gasteiger partial charge < -0.3 is 4.98 Å². The van der Waals surface area contributed by atoms with Crippen LogP contribution in [0.3, 0.4) is 0 Å². The van der Waals surface area contributed by atoms with Gasteiger partial charge in [0.25, 0.3) is 0 Å². The molecule has 0 bridgehead atoms. The average molecular weight is 179 g/mol. The molecule has 13 heavy (non-hydrogen) atoms. The van der Waals surface area contributed by atoms with Crippen LogP contribution in [-0.4, -0.2) is 21.8 Å². The molecule has 0 atom stereocenters. The number of H-pyrrole nitrogens is 1. The highest BCUT2D eigenvalue weighted by atomic mass is 16.2. The lowest BCUT2D eigenvalue weighted by atomic mass is 10.1.